The number of hydrogen-bond acceptors (Lipinski definition) is 3. The van der Waals surface area contributed by atoms with Crippen LogP contribution in [-0.2, 0) is 4.79 Å². The van der Waals surface area contributed by atoms with Gasteiger partial charge in [-0.3, -0.25) is 4.79 Å². The van der Waals surface area contributed by atoms with E-state index in [9.17, 15) is 15.0 Å². The van der Waals surface area contributed by atoms with Crippen LogP contribution in [0.5, 0.6) is 0 Å². The fourth-order valence-electron chi connectivity index (χ4n) is 8.62. The zero-order chi connectivity index (χ0) is 44.2. The van der Waals surface area contributed by atoms with Gasteiger partial charge in [0.2, 0.25) is 5.91 Å². The molecule has 0 bridgehead atoms. The standard InChI is InChI=1S/C57H109NO3/c1-3-5-7-9-11-13-15-17-19-21-22-23-24-25-26-27-28-29-30-31-32-33-34-35-36-37-38-40-42-44-46-48-50-52-56(60)55(54-59)58-57(61)53-51-49-47-45-43-41-39-20-18-16-14-12-10-8-6-4-2/h14,16,20,39,50,52,55-56,59-60H,3-13,15,17-19,21-38,40-49,51,53-54H2,1-2H3,(H,58,61)/b16-14-,39-20-,52-50+. The number of rotatable bonds is 51. The number of aliphatic hydroxyl groups is 2. The van der Waals surface area contributed by atoms with Crippen molar-refractivity contribution in [3.8, 4) is 0 Å². The largest absolute Gasteiger partial charge is 0.394 e. The van der Waals surface area contributed by atoms with Gasteiger partial charge in [0, 0.05) is 6.42 Å². The Balaban J connectivity index is 3.45. The van der Waals surface area contributed by atoms with Gasteiger partial charge in [0.1, 0.15) is 0 Å². The summed E-state index contributed by atoms with van der Waals surface area (Å²) in [6.07, 6.45) is 71.7. The summed E-state index contributed by atoms with van der Waals surface area (Å²) in [5.74, 6) is -0.0750. The number of hydrogen-bond donors (Lipinski definition) is 3. The summed E-state index contributed by atoms with van der Waals surface area (Å²) in [6.45, 7) is 4.31. The monoisotopic (exact) mass is 856 g/mol. The lowest BCUT2D eigenvalue weighted by molar-refractivity contribution is -0.123. The summed E-state index contributed by atoms with van der Waals surface area (Å²) in [7, 11) is 0. The van der Waals surface area contributed by atoms with Crippen LogP contribution in [0.4, 0.5) is 0 Å². The maximum atomic E-state index is 12.4. The molecule has 4 heteroatoms. The van der Waals surface area contributed by atoms with Gasteiger partial charge in [0.15, 0.2) is 0 Å². The van der Waals surface area contributed by atoms with Crippen molar-refractivity contribution >= 4 is 5.91 Å². The van der Waals surface area contributed by atoms with Crippen LogP contribution in [0, 0.1) is 0 Å². The van der Waals surface area contributed by atoms with Crippen LogP contribution < -0.4 is 5.32 Å². The molecule has 360 valence electrons. The summed E-state index contributed by atoms with van der Waals surface area (Å²) < 4.78 is 0. The number of amides is 1. The summed E-state index contributed by atoms with van der Waals surface area (Å²) in [5.41, 5.74) is 0. The van der Waals surface area contributed by atoms with E-state index in [-0.39, 0.29) is 12.5 Å². The van der Waals surface area contributed by atoms with Crippen molar-refractivity contribution in [3.05, 3.63) is 36.5 Å². The molecule has 0 rings (SSSR count). The van der Waals surface area contributed by atoms with Crippen molar-refractivity contribution in [3.63, 3.8) is 0 Å². The lowest BCUT2D eigenvalue weighted by atomic mass is 10.0. The highest BCUT2D eigenvalue weighted by Gasteiger charge is 2.18. The summed E-state index contributed by atoms with van der Waals surface area (Å²) in [5, 5.41) is 23.1. The molecule has 0 aromatic heterocycles. The Bertz CT molecular complexity index is 928. The van der Waals surface area contributed by atoms with E-state index in [0.717, 1.165) is 44.9 Å². The fraction of sp³-hybridized carbons (Fsp3) is 0.877. The van der Waals surface area contributed by atoms with E-state index in [1.807, 2.05) is 6.08 Å². The number of nitrogens with one attached hydrogen (secondary N) is 1. The van der Waals surface area contributed by atoms with Gasteiger partial charge in [0.05, 0.1) is 18.8 Å². The molecule has 0 aliphatic heterocycles. The van der Waals surface area contributed by atoms with Gasteiger partial charge < -0.3 is 15.5 Å². The first-order valence-corrected chi connectivity index (χ1v) is 27.7. The molecular formula is C57H109NO3. The molecule has 0 saturated heterocycles. The van der Waals surface area contributed by atoms with Gasteiger partial charge in [-0.15, -0.1) is 0 Å². The number of aliphatic hydroxyl groups excluding tert-OH is 2. The van der Waals surface area contributed by atoms with Crippen LogP contribution in [0.25, 0.3) is 0 Å². The predicted molar refractivity (Wildman–Crippen MR) is 272 cm³/mol. The molecule has 0 saturated carbocycles. The third-order valence-corrected chi connectivity index (χ3v) is 12.9. The molecule has 61 heavy (non-hydrogen) atoms. The van der Waals surface area contributed by atoms with Crippen molar-refractivity contribution in [2.24, 2.45) is 0 Å². The van der Waals surface area contributed by atoms with Crippen molar-refractivity contribution in [2.45, 2.75) is 315 Å². The molecule has 0 aliphatic carbocycles. The number of carbonyl (C=O) groups excluding carboxylic acids is 1. The van der Waals surface area contributed by atoms with Gasteiger partial charge in [-0.2, -0.15) is 0 Å². The molecule has 0 aromatic carbocycles. The van der Waals surface area contributed by atoms with E-state index in [4.69, 9.17) is 0 Å². The molecular weight excluding hydrogens is 747 g/mol. The molecule has 0 radical (unpaired) electrons. The van der Waals surface area contributed by atoms with Gasteiger partial charge in [-0.1, -0.05) is 281 Å². The third-order valence-electron chi connectivity index (χ3n) is 12.9. The second-order valence-electron chi connectivity index (χ2n) is 19.0. The van der Waals surface area contributed by atoms with Crippen LogP contribution >= 0.6 is 0 Å². The molecule has 0 aromatic rings. The smallest absolute Gasteiger partial charge is 0.220 e. The fourth-order valence-corrected chi connectivity index (χ4v) is 8.62. The van der Waals surface area contributed by atoms with Crippen molar-refractivity contribution in [2.75, 3.05) is 6.61 Å². The summed E-state index contributed by atoms with van der Waals surface area (Å²) >= 11 is 0. The number of unbranched alkanes of at least 4 members (excludes halogenated alkanes) is 40. The van der Waals surface area contributed by atoms with E-state index in [1.165, 1.54) is 238 Å². The average Bonchev–Trinajstić information content (AvgIpc) is 3.26. The predicted octanol–water partition coefficient (Wildman–Crippen LogP) is 18.1. The SMILES string of the molecule is CCCCCC/C=C\C/C=C\CCCCCCCC(=O)NC(CO)C(O)/C=C/CCCCCCCCCCCCCCCCCCCCCCCCCCCCCCCCC. The van der Waals surface area contributed by atoms with Crippen molar-refractivity contribution in [1.82, 2.24) is 5.32 Å². The normalized spacial score (nSPS) is 13.0. The molecule has 0 aliphatic rings. The van der Waals surface area contributed by atoms with Crippen LogP contribution in [0.1, 0.15) is 303 Å². The Hall–Kier alpha value is -1.39. The second-order valence-corrected chi connectivity index (χ2v) is 19.0. The van der Waals surface area contributed by atoms with Gasteiger partial charge in [-0.05, 0) is 51.4 Å². The first kappa shape index (κ1) is 59.6. The minimum Gasteiger partial charge on any atom is -0.394 e. The van der Waals surface area contributed by atoms with Gasteiger partial charge in [-0.25, -0.2) is 0 Å². The van der Waals surface area contributed by atoms with Gasteiger partial charge in [0.25, 0.3) is 0 Å². The average molecular weight is 857 g/mol. The van der Waals surface area contributed by atoms with Crippen molar-refractivity contribution < 1.29 is 15.0 Å². The highest BCUT2D eigenvalue weighted by molar-refractivity contribution is 5.76. The number of allylic oxidation sites excluding steroid dienone is 5. The summed E-state index contributed by atoms with van der Waals surface area (Å²) in [6, 6.07) is -0.630. The maximum absolute atomic E-state index is 12.4. The first-order valence-electron chi connectivity index (χ1n) is 27.7. The minimum atomic E-state index is -0.846. The Morgan fingerprint density at radius 3 is 1.00 bits per heavy atom. The molecule has 2 atom stereocenters. The van der Waals surface area contributed by atoms with Gasteiger partial charge >= 0.3 is 0 Å². The molecule has 0 spiro atoms. The van der Waals surface area contributed by atoms with Crippen molar-refractivity contribution in [1.29, 1.82) is 0 Å². The minimum absolute atomic E-state index is 0.0750. The Labute approximate surface area is 382 Å². The molecule has 1 amide bonds. The maximum Gasteiger partial charge on any atom is 0.220 e. The van der Waals surface area contributed by atoms with E-state index in [0.29, 0.717) is 6.42 Å². The van der Waals surface area contributed by atoms with Crippen LogP contribution in [0.3, 0.4) is 0 Å². The van der Waals surface area contributed by atoms with Crippen LogP contribution in [-0.4, -0.2) is 34.9 Å². The molecule has 3 N–H and O–H groups in total. The lowest BCUT2D eigenvalue weighted by Gasteiger charge is -2.20. The quantitative estimate of drug-likeness (QED) is 0.0422. The lowest BCUT2D eigenvalue weighted by Crippen LogP contribution is -2.45. The zero-order valence-corrected chi connectivity index (χ0v) is 41.4. The molecule has 4 nitrogen and oxygen atoms in total. The van der Waals surface area contributed by atoms with Crippen LogP contribution in [0.15, 0.2) is 36.5 Å². The molecule has 0 fully saturated rings. The Morgan fingerprint density at radius 1 is 0.393 bits per heavy atom. The van der Waals surface area contributed by atoms with E-state index in [1.54, 1.807) is 6.08 Å². The Kier molecular flexibility index (Phi) is 51.7. The zero-order valence-electron chi connectivity index (χ0n) is 41.4. The van der Waals surface area contributed by atoms with E-state index >= 15 is 0 Å². The van der Waals surface area contributed by atoms with E-state index < -0.39 is 12.1 Å². The Morgan fingerprint density at radius 2 is 0.672 bits per heavy atom. The highest BCUT2D eigenvalue weighted by atomic mass is 16.3. The number of carbonyl (C=O) groups is 1. The third kappa shape index (κ3) is 49.5. The molecule has 0 heterocycles. The second kappa shape index (κ2) is 53.0. The van der Waals surface area contributed by atoms with Crippen LogP contribution in [0.2, 0.25) is 0 Å². The molecule has 2 unspecified atom stereocenters. The first-order chi connectivity index (χ1) is 30.2. The highest BCUT2D eigenvalue weighted by Crippen LogP contribution is 2.17. The van der Waals surface area contributed by atoms with E-state index in [2.05, 4.69) is 43.5 Å². The topological polar surface area (TPSA) is 69.6 Å². The summed E-state index contributed by atoms with van der Waals surface area (Å²) in [4.78, 5) is 12.4.